The molecule has 0 aliphatic rings. The van der Waals surface area contributed by atoms with Gasteiger partial charge < -0.3 is 9.84 Å². The molecule has 0 aromatic heterocycles. The first kappa shape index (κ1) is 16.7. The fraction of sp³-hybridized carbons (Fsp3) is 0.400. The van der Waals surface area contributed by atoms with E-state index in [2.05, 4.69) is 26.0 Å². The van der Waals surface area contributed by atoms with Crippen LogP contribution in [0.4, 0.5) is 0 Å². The molecule has 0 saturated heterocycles. The Morgan fingerprint density at radius 1 is 1.00 bits per heavy atom. The van der Waals surface area contributed by atoms with E-state index < -0.39 is 6.10 Å². The van der Waals surface area contributed by atoms with E-state index in [4.69, 9.17) is 4.74 Å². The van der Waals surface area contributed by atoms with Crippen LogP contribution in [-0.4, -0.2) is 11.7 Å². The van der Waals surface area contributed by atoms with E-state index in [1.54, 1.807) is 0 Å². The summed E-state index contributed by atoms with van der Waals surface area (Å²) in [6.07, 6.45) is 1.25. The molecule has 22 heavy (non-hydrogen) atoms. The zero-order chi connectivity index (χ0) is 15.8. The highest BCUT2D eigenvalue weighted by Crippen LogP contribution is 2.33. The largest absolute Gasteiger partial charge is 0.388 e. The molecule has 0 bridgehead atoms. The lowest BCUT2D eigenvalue weighted by molar-refractivity contribution is 0.00730. The van der Waals surface area contributed by atoms with Crippen LogP contribution in [-0.2, 0) is 11.3 Å². The standard InChI is InChI=1S/C20H26O2/c1-3-20(2,14-19(21)18-12-8-5-9-13-18)16-22-15-17-10-6-4-7-11-17/h4-13,19,21H,3,14-16H2,1-2H3/t19?,20-/m1/s1. The van der Waals surface area contributed by atoms with Crippen LogP contribution in [0.15, 0.2) is 60.7 Å². The monoisotopic (exact) mass is 298 g/mol. The van der Waals surface area contributed by atoms with Crippen LogP contribution in [0.5, 0.6) is 0 Å². The first-order valence-corrected chi connectivity index (χ1v) is 7.98. The van der Waals surface area contributed by atoms with E-state index >= 15 is 0 Å². The van der Waals surface area contributed by atoms with E-state index in [0.29, 0.717) is 19.6 Å². The number of hydrogen-bond donors (Lipinski definition) is 1. The van der Waals surface area contributed by atoms with Gasteiger partial charge in [-0.15, -0.1) is 0 Å². The summed E-state index contributed by atoms with van der Waals surface area (Å²) in [5.74, 6) is 0. The molecule has 1 N–H and O–H groups in total. The van der Waals surface area contributed by atoms with Crippen molar-refractivity contribution in [2.75, 3.05) is 6.61 Å². The van der Waals surface area contributed by atoms with Gasteiger partial charge in [0.15, 0.2) is 0 Å². The number of aliphatic hydroxyl groups excluding tert-OH is 1. The third-order valence-corrected chi connectivity index (χ3v) is 4.29. The molecule has 0 spiro atoms. The van der Waals surface area contributed by atoms with Crippen molar-refractivity contribution in [1.82, 2.24) is 0 Å². The molecule has 1 unspecified atom stereocenters. The fourth-order valence-corrected chi connectivity index (χ4v) is 2.55. The lowest BCUT2D eigenvalue weighted by atomic mass is 9.81. The van der Waals surface area contributed by atoms with E-state index in [0.717, 1.165) is 12.0 Å². The van der Waals surface area contributed by atoms with Gasteiger partial charge in [-0.25, -0.2) is 0 Å². The average Bonchev–Trinajstić information content (AvgIpc) is 2.56. The summed E-state index contributed by atoms with van der Waals surface area (Å²) in [6, 6.07) is 20.1. The summed E-state index contributed by atoms with van der Waals surface area (Å²) in [4.78, 5) is 0. The van der Waals surface area contributed by atoms with Crippen LogP contribution < -0.4 is 0 Å². The Kier molecular flexibility index (Phi) is 6.17. The molecule has 0 fully saturated rings. The van der Waals surface area contributed by atoms with Crippen molar-refractivity contribution in [3.63, 3.8) is 0 Å². The summed E-state index contributed by atoms with van der Waals surface area (Å²) < 4.78 is 5.90. The third kappa shape index (κ3) is 4.97. The first-order valence-electron chi connectivity index (χ1n) is 7.98. The molecule has 2 aromatic carbocycles. The predicted octanol–water partition coefficient (Wildman–Crippen LogP) is 4.74. The predicted molar refractivity (Wildman–Crippen MR) is 90.5 cm³/mol. The van der Waals surface area contributed by atoms with Gasteiger partial charge in [0, 0.05) is 0 Å². The molecule has 2 rings (SSSR count). The summed E-state index contributed by atoms with van der Waals surface area (Å²) >= 11 is 0. The number of rotatable bonds is 8. The Morgan fingerprint density at radius 2 is 1.59 bits per heavy atom. The van der Waals surface area contributed by atoms with Gasteiger partial charge in [-0.2, -0.15) is 0 Å². The van der Waals surface area contributed by atoms with Gasteiger partial charge >= 0.3 is 0 Å². The molecule has 0 aliphatic heterocycles. The lowest BCUT2D eigenvalue weighted by Crippen LogP contribution is -2.25. The minimum atomic E-state index is -0.438. The molecular weight excluding hydrogens is 272 g/mol. The minimum Gasteiger partial charge on any atom is -0.388 e. The summed E-state index contributed by atoms with van der Waals surface area (Å²) in [5, 5.41) is 10.4. The Morgan fingerprint density at radius 3 is 2.18 bits per heavy atom. The van der Waals surface area contributed by atoms with Gasteiger partial charge in [0.2, 0.25) is 0 Å². The zero-order valence-electron chi connectivity index (χ0n) is 13.5. The van der Waals surface area contributed by atoms with Crippen molar-refractivity contribution in [3.8, 4) is 0 Å². The van der Waals surface area contributed by atoms with Gasteiger partial charge in [0.1, 0.15) is 0 Å². The van der Waals surface area contributed by atoms with E-state index in [9.17, 15) is 5.11 Å². The smallest absolute Gasteiger partial charge is 0.0796 e. The molecular formula is C20H26O2. The van der Waals surface area contributed by atoms with Gasteiger partial charge in [0.05, 0.1) is 19.3 Å². The topological polar surface area (TPSA) is 29.5 Å². The molecule has 118 valence electrons. The normalized spacial score (nSPS) is 15.2. The average molecular weight is 298 g/mol. The molecule has 2 nitrogen and oxygen atoms in total. The van der Waals surface area contributed by atoms with Gasteiger partial charge in [-0.05, 0) is 29.4 Å². The molecule has 0 amide bonds. The summed E-state index contributed by atoms with van der Waals surface area (Å²) in [5.41, 5.74) is 2.14. The zero-order valence-corrected chi connectivity index (χ0v) is 13.5. The number of benzene rings is 2. The van der Waals surface area contributed by atoms with Crippen molar-refractivity contribution in [1.29, 1.82) is 0 Å². The summed E-state index contributed by atoms with van der Waals surface area (Å²) in [6.45, 7) is 5.62. The lowest BCUT2D eigenvalue weighted by Gasteiger charge is -2.30. The second-order valence-electron chi connectivity index (χ2n) is 6.27. The van der Waals surface area contributed by atoms with Crippen molar-refractivity contribution in [3.05, 3.63) is 71.8 Å². The van der Waals surface area contributed by atoms with Gasteiger partial charge in [-0.3, -0.25) is 0 Å². The Hall–Kier alpha value is -1.64. The van der Waals surface area contributed by atoms with Crippen LogP contribution in [0, 0.1) is 5.41 Å². The van der Waals surface area contributed by atoms with Gasteiger partial charge in [0.25, 0.3) is 0 Å². The highest BCUT2D eigenvalue weighted by Gasteiger charge is 2.26. The van der Waals surface area contributed by atoms with Crippen molar-refractivity contribution < 1.29 is 9.84 Å². The molecule has 0 heterocycles. The summed E-state index contributed by atoms with van der Waals surface area (Å²) in [7, 11) is 0. The molecule has 2 atom stereocenters. The Labute approximate surface area is 133 Å². The Balaban J connectivity index is 1.88. The highest BCUT2D eigenvalue weighted by molar-refractivity contribution is 5.17. The minimum absolute atomic E-state index is 0.0238. The highest BCUT2D eigenvalue weighted by atomic mass is 16.5. The maximum Gasteiger partial charge on any atom is 0.0796 e. The van der Waals surface area contributed by atoms with Crippen LogP contribution in [0.1, 0.15) is 43.9 Å². The molecule has 0 radical (unpaired) electrons. The molecule has 2 aromatic rings. The van der Waals surface area contributed by atoms with E-state index in [-0.39, 0.29) is 5.41 Å². The fourth-order valence-electron chi connectivity index (χ4n) is 2.55. The van der Waals surface area contributed by atoms with Crippen LogP contribution in [0.2, 0.25) is 0 Å². The number of hydrogen-bond acceptors (Lipinski definition) is 2. The Bertz CT molecular complexity index is 538. The van der Waals surface area contributed by atoms with Crippen molar-refractivity contribution in [2.24, 2.45) is 5.41 Å². The van der Waals surface area contributed by atoms with E-state index in [1.165, 1.54) is 5.56 Å². The van der Waals surface area contributed by atoms with Crippen molar-refractivity contribution in [2.45, 2.75) is 39.4 Å². The SMILES string of the molecule is CC[C@@](C)(COCc1ccccc1)CC(O)c1ccccc1. The van der Waals surface area contributed by atoms with Crippen LogP contribution >= 0.6 is 0 Å². The molecule has 2 heteroatoms. The third-order valence-electron chi connectivity index (χ3n) is 4.29. The van der Waals surface area contributed by atoms with Crippen LogP contribution in [0.25, 0.3) is 0 Å². The quantitative estimate of drug-likeness (QED) is 0.762. The van der Waals surface area contributed by atoms with Crippen LogP contribution in [0.3, 0.4) is 0 Å². The van der Waals surface area contributed by atoms with Crippen molar-refractivity contribution >= 4 is 0 Å². The second kappa shape index (κ2) is 8.11. The number of ether oxygens (including phenoxy) is 1. The maximum atomic E-state index is 10.4. The second-order valence-corrected chi connectivity index (χ2v) is 6.27. The van der Waals surface area contributed by atoms with Gasteiger partial charge in [-0.1, -0.05) is 74.5 Å². The van der Waals surface area contributed by atoms with E-state index in [1.807, 2.05) is 48.5 Å². The maximum absolute atomic E-state index is 10.4. The molecule has 0 saturated carbocycles. The molecule has 0 aliphatic carbocycles. The number of aliphatic hydroxyl groups is 1. The first-order chi connectivity index (χ1) is 10.6.